The zero-order valence-corrected chi connectivity index (χ0v) is 11.9. The number of hydrogen-bond acceptors (Lipinski definition) is 3. The molecule has 96 valence electrons. The molecule has 1 nitrogen and oxygen atoms in total. The Morgan fingerprint density at radius 1 is 1.33 bits per heavy atom. The Bertz CT molecular complexity index is 483. The smallest absolute Gasteiger partial charge is 0.131 e. The van der Waals surface area contributed by atoms with E-state index in [1.54, 1.807) is 17.4 Å². The highest BCUT2D eigenvalue weighted by Crippen LogP contribution is 2.28. The molecule has 0 aliphatic rings. The standard InChI is InChI=1S/C14H16FNS2/c1-17-8-6-16-10-11-4-5-13(15)12(9-11)14-3-2-7-18-14/h2-5,7,9,16H,6,8,10H2,1H3. The summed E-state index contributed by atoms with van der Waals surface area (Å²) in [6.07, 6.45) is 2.09. The van der Waals surface area contributed by atoms with Gasteiger partial charge in [0.15, 0.2) is 0 Å². The van der Waals surface area contributed by atoms with Crippen LogP contribution in [0, 0.1) is 5.82 Å². The van der Waals surface area contributed by atoms with E-state index in [1.165, 1.54) is 0 Å². The Labute approximate surface area is 115 Å². The van der Waals surface area contributed by atoms with Crippen LogP contribution < -0.4 is 5.32 Å². The molecule has 0 atom stereocenters. The molecule has 1 aromatic heterocycles. The predicted molar refractivity (Wildman–Crippen MR) is 79.8 cm³/mol. The molecule has 18 heavy (non-hydrogen) atoms. The molecule has 2 rings (SSSR count). The maximum Gasteiger partial charge on any atom is 0.131 e. The third kappa shape index (κ3) is 3.57. The fraction of sp³-hybridized carbons (Fsp3) is 0.286. The Balaban J connectivity index is 2.07. The maximum absolute atomic E-state index is 13.8. The molecule has 1 N–H and O–H groups in total. The summed E-state index contributed by atoms with van der Waals surface area (Å²) in [6.45, 7) is 1.77. The summed E-state index contributed by atoms with van der Waals surface area (Å²) in [6, 6.07) is 9.24. The van der Waals surface area contributed by atoms with Gasteiger partial charge >= 0.3 is 0 Å². The van der Waals surface area contributed by atoms with Crippen LogP contribution in [0.1, 0.15) is 5.56 Å². The monoisotopic (exact) mass is 281 g/mol. The van der Waals surface area contributed by atoms with Crippen molar-refractivity contribution >= 4 is 23.1 Å². The van der Waals surface area contributed by atoms with E-state index in [9.17, 15) is 4.39 Å². The molecule has 0 radical (unpaired) electrons. The molecular formula is C14H16FNS2. The lowest BCUT2D eigenvalue weighted by Crippen LogP contribution is -2.16. The van der Waals surface area contributed by atoms with Gasteiger partial charge < -0.3 is 5.32 Å². The molecule has 1 aromatic carbocycles. The van der Waals surface area contributed by atoms with Gasteiger partial charge in [-0.1, -0.05) is 12.1 Å². The Morgan fingerprint density at radius 3 is 2.94 bits per heavy atom. The SMILES string of the molecule is CSCCNCc1ccc(F)c(-c2cccs2)c1. The van der Waals surface area contributed by atoms with E-state index in [1.807, 2.05) is 41.4 Å². The van der Waals surface area contributed by atoms with Crippen LogP contribution in [0.2, 0.25) is 0 Å². The first kappa shape index (κ1) is 13.6. The molecule has 0 fully saturated rings. The Kier molecular flexibility index (Phi) is 5.23. The topological polar surface area (TPSA) is 12.0 Å². The van der Waals surface area contributed by atoms with Crippen LogP contribution in [0.3, 0.4) is 0 Å². The van der Waals surface area contributed by atoms with Crippen LogP contribution in [-0.4, -0.2) is 18.6 Å². The van der Waals surface area contributed by atoms with Crippen LogP contribution in [-0.2, 0) is 6.54 Å². The van der Waals surface area contributed by atoms with Crippen LogP contribution in [0.5, 0.6) is 0 Å². The lowest BCUT2D eigenvalue weighted by Gasteiger charge is -2.07. The summed E-state index contributed by atoms with van der Waals surface area (Å²) >= 11 is 3.39. The second kappa shape index (κ2) is 6.92. The van der Waals surface area contributed by atoms with Crippen molar-refractivity contribution in [3.05, 3.63) is 47.1 Å². The van der Waals surface area contributed by atoms with Gasteiger partial charge in [-0.05, 0) is 35.4 Å². The van der Waals surface area contributed by atoms with Gasteiger partial charge in [-0.25, -0.2) is 4.39 Å². The van der Waals surface area contributed by atoms with Crippen molar-refractivity contribution in [2.75, 3.05) is 18.6 Å². The first-order valence-corrected chi connectivity index (χ1v) is 8.10. The van der Waals surface area contributed by atoms with Gasteiger partial charge in [-0.15, -0.1) is 11.3 Å². The highest BCUT2D eigenvalue weighted by Gasteiger charge is 2.06. The van der Waals surface area contributed by atoms with Crippen LogP contribution in [0.15, 0.2) is 35.7 Å². The van der Waals surface area contributed by atoms with Crippen molar-refractivity contribution in [1.82, 2.24) is 5.32 Å². The molecule has 0 aliphatic heterocycles. The minimum absolute atomic E-state index is 0.148. The molecule has 0 saturated carbocycles. The number of hydrogen-bond donors (Lipinski definition) is 1. The number of benzene rings is 1. The third-order valence-electron chi connectivity index (χ3n) is 2.63. The van der Waals surface area contributed by atoms with E-state index < -0.39 is 0 Å². The summed E-state index contributed by atoms with van der Waals surface area (Å²) < 4.78 is 13.8. The molecule has 4 heteroatoms. The van der Waals surface area contributed by atoms with E-state index in [0.29, 0.717) is 5.56 Å². The van der Waals surface area contributed by atoms with Crippen molar-refractivity contribution in [2.45, 2.75) is 6.54 Å². The average Bonchev–Trinajstić information content (AvgIpc) is 2.90. The molecule has 0 amide bonds. The zero-order valence-electron chi connectivity index (χ0n) is 10.3. The van der Waals surface area contributed by atoms with E-state index >= 15 is 0 Å². The molecular weight excluding hydrogens is 265 g/mol. The van der Waals surface area contributed by atoms with Gasteiger partial charge in [0.1, 0.15) is 5.82 Å². The van der Waals surface area contributed by atoms with E-state index in [4.69, 9.17) is 0 Å². The van der Waals surface area contributed by atoms with Gasteiger partial charge in [-0.3, -0.25) is 0 Å². The van der Waals surface area contributed by atoms with Crippen LogP contribution in [0.25, 0.3) is 10.4 Å². The first-order chi connectivity index (χ1) is 8.81. The van der Waals surface area contributed by atoms with Crippen LogP contribution >= 0.6 is 23.1 Å². The summed E-state index contributed by atoms with van der Waals surface area (Å²) in [7, 11) is 0. The fourth-order valence-electron chi connectivity index (χ4n) is 1.71. The largest absolute Gasteiger partial charge is 0.312 e. The minimum Gasteiger partial charge on any atom is -0.312 e. The van der Waals surface area contributed by atoms with Crippen molar-refractivity contribution in [3.63, 3.8) is 0 Å². The second-order valence-corrected chi connectivity index (χ2v) is 5.89. The number of halogens is 1. The molecule has 0 aliphatic carbocycles. The average molecular weight is 281 g/mol. The van der Waals surface area contributed by atoms with E-state index in [-0.39, 0.29) is 5.82 Å². The number of rotatable bonds is 6. The number of thiophene rings is 1. The van der Waals surface area contributed by atoms with E-state index in [0.717, 1.165) is 29.3 Å². The van der Waals surface area contributed by atoms with Gasteiger partial charge in [-0.2, -0.15) is 11.8 Å². The second-order valence-electron chi connectivity index (χ2n) is 3.96. The maximum atomic E-state index is 13.8. The third-order valence-corrected chi connectivity index (χ3v) is 4.15. The lowest BCUT2D eigenvalue weighted by atomic mass is 10.1. The normalized spacial score (nSPS) is 10.8. The number of nitrogens with one attached hydrogen (secondary N) is 1. The molecule has 0 unspecified atom stereocenters. The summed E-state index contributed by atoms with van der Waals surface area (Å²) in [5.74, 6) is 0.948. The first-order valence-electron chi connectivity index (χ1n) is 5.83. The van der Waals surface area contributed by atoms with Gasteiger partial charge in [0, 0.05) is 29.3 Å². The molecule has 2 aromatic rings. The van der Waals surface area contributed by atoms with Crippen molar-refractivity contribution in [2.24, 2.45) is 0 Å². The minimum atomic E-state index is -0.148. The van der Waals surface area contributed by atoms with Crippen molar-refractivity contribution in [3.8, 4) is 10.4 Å². The quantitative estimate of drug-likeness (QED) is 0.803. The molecule has 0 spiro atoms. The van der Waals surface area contributed by atoms with Gasteiger partial charge in [0.25, 0.3) is 0 Å². The fourth-order valence-corrected chi connectivity index (χ4v) is 2.80. The highest BCUT2D eigenvalue weighted by atomic mass is 32.2. The molecule has 0 bridgehead atoms. The van der Waals surface area contributed by atoms with E-state index in [2.05, 4.69) is 11.6 Å². The van der Waals surface area contributed by atoms with Crippen molar-refractivity contribution in [1.29, 1.82) is 0 Å². The summed E-state index contributed by atoms with van der Waals surface area (Å²) in [4.78, 5) is 0.985. The van der Waals surface area contributed by atoms with Gasteiger partial charge in [0.2, 0.25) is 0 Å². The highest BCUT2D eigenvalue weighted by molar-refractivity contribution is 7.98. The van der Waals surface area contributed by atoms with Crippen LogP contribution in [0.4, 0.5) is 4.39 Å². The zero-order chi connectivity index (χ0) is 12.8. The van der Waals surface area contributed by atoms with Crippen molar-refractivity contribution < 1.29 is 4.39 Å². The predicted octanol–water partition coefficient (Wildman–Crippen LogP) is 4.01. The molecule has 0 saturated heterocycles. The summed E-state index contributed by atoms with van der Waals surface area (Å²) in [5.41, 5.74) is 1.83. The summed E-state index contributed by atoms with van der Waals surface area (Å²) in [5, 5.41) is 5.33. The Morgan fingerprint density at radius 2 is 2.22 bits per heavy atom. The Hall–Kier alpha value is -0.840. The lowest BCUT2D eigenvalue weighted by molar-refractivity contribution is 0.629. The number of thioether (sulfide) groups is 1. The molecule has 1 heterocycles. The van der Waals surface area contributed by atoms with Gasteiger partial charge in [0.05, 0.1) is 0 Å².